The number of hydrogen-bond acceptors (Lipinski definition) is 1. The maximum absolute atomic E-state index is 9.76. The van der Waals surface area contributed by atoms with Crippen LogP contribution in [0.1, 0.15) is 26.2 Å². The van der Waals surface area contributed by atoms with Crippen LogP contribution in [0.4, 0.5) is 0 Å². The predicted molar refractivity (Wildman–Crippen MR) is 37.1 cm³/mol. The van der Waals surface area contributed by atoms with E-state index in [0.29, 0.717) is 6.42 Å². The fraction of sp³-hybridized carbons (Fsp3) is 0.800. The van der Waals surface area contributed by atoms with Crippen molar-refractivity contribution in [2.24, 2.45) is 0 Å². The van der Waals surface area contributed by atoms with E-state index >= 15 is 0 Å². The van der Waals surface area contributed by atoms with Gasteiger partial charge in [-0.25, -0.2) is 0 Å². The van der Waals surface area contributed by atoms with Gasteiger partial charge in [-0.1, -0.05) is 13.3 Å². The van der Waals surface area contributed by atoms with Crippen LogP contribution < -0.4 is 0 Å². The van der Waals surface area contributed by atoms with E-state index in [1.165, 1.54) is 0 Å². The molecular weight excluding hydrogens is 214 g/mol. The van der Waals surface area contributed by atoms with Gasteiger partial charge in [-0.2, -0.15) is 0 Å². The number of carboxylic acid groups (broad SMARTS) is 1. The Hall–Kier alpha value is 0.288. The van der Waals surface area contributed by atoms with Gasteiger partial charge in [0.15, 0.2) is 0 Å². The molecule has 50 valence electrons. The standard InChI is InChI=1S/C5H10O2.Sb.3H/c1-2-3-4-5(6)7;;;;/h2-4H2,1H3,(H,6,7);;;;. The predicted octanol–water partition coefficient (Wildman–Crippen LogP) is 0.0773. The molecule has 0 amide bonds. The number of carbonyl (C=O) groups is 1. The normalized spacial score (nSPS) is 7.62. The number of aliphatic carboxylic acids is 1. The Bertz CT molecular complexity index is 63.4. The van der Waals surface area contributed by atoms with Crippen LogP contribution in [0.25, 0.3) is 0 Å². The maximum atomic E-state index is 9.76. The van der Waals surface area contributed by atoms with Crippen LogP contribution >= 0.6 is 0 Å². The minimum absolute atomic E-state index is 0. The first-order chi connectivity index (χ1) is 3.27. The Labute approximate surface area is 66.7 Å². The first kappa shape index (κ1) is 11.1. The van der Waals surface area contributed by atoms with Crippen molar-refractivity contribution in [1.29, 1.82) is 0 Å². The molecule has 3 heteroatoms. The average Bonchev–Trinajstić information content (AvgIpc) is 1.61. The number of hydrogen-bond donors (Lipinski definition) is 1. The summed E-state index contributed by atoms with van der Waals surface area (Å²) in [6.45, 7) is 1.98. The third-order valence-corrected chi connectivity index (χ3v) is 0.744. The summed E-state index contributed by atoms with van der Waals surface area (Å²) >= 11 is 0. The molecule has 0 aromatic carbocycles. The van der Waals surface area contributed by atoms with E-state index in [2.05, 4.69) is 0 Å². The van der Waals surface area contributed by atoms with E-state index in [-0.39, 0.29) is 24.4 Å². The summed E-state index contributed by atoms with van der Waals surface area (Å²) in [4.78, 5) is 9.76. The monoisotopic (exact) mass is 226 g/mol. The fourth-order valence-corrected chi connectivity index (χ4v) is 0.328. The van der Waals surface area contributed by atoms with Gasteiger partial charge < -0.3 is 5.11 Å². The molecule has 0 radical (unpaired) electrons. The SMILES string of the molecule is CCCCC(=O)O.[SbH3]. The molecular formula is C5H13O2Sb. The first-order valence-electron chi connectivity index (χ1n) is 2.49. The van der Waals surface area contributed by atoms with Gasteiger partial charge in [0.05, 0.1) is 0 Å². The van der Waals surface area contributed by atoms with Crippen molar-refractivity contribution < 1.29 is 9.90 Å². The third kappa shape index (κ3) is 9.56. The van der Waals surface area contributed by atoms with Crippen molar-refractivity contribution in [2.45, 2.75) is 26.2 Å². The molecule has 0 saturated carbocycles. The first-order valence-corrected chi connectivity index (χ1v) is 2.49. The van der Waals surface area contributed by atoms with Crippen LogP contribution in [0.15, 0.2) is 0 Å². The molecule has 0 bridgehead atoms. The van der Waals surface area contributed by atoms with Crippen LogP contribution in [0.2, 0.25) is 0 Å². The van der Waals surface area contributed by atoms with Crippen molar-refractivity contribution in [3.05, 3.63) is 0 Å². The molecule has 0 saturated heterocycles. The summed E-state index contributed by atoms with van der Waals surface area (Å²) in [6, 6.07) is 0. The molecule has 8 heavy (non-hydrogen) atoms. The zero-order valence-electron chi connectivity index (χ0n) is 5.18. The summed E-state index contributed by atoms with van der Waals surface area (Å²) < 4.78 is 0. The number of unbranched alkanes of at least 4 members (excludes halogenated alkanes) is 1. The summed E-state index contributed by atoms with van der Waals surface area (Å²) in [5.74, 6) is -0.693. The molecule has 0 unspecified atom stereocenters. The van der Waals surface area contributed by atoms with Gasteiger partial charge in [-0.3, -0.25) is 4.79 Å². The van der Waals surface area contributed by atoms with E-state index in [1.54, 1.807) is 0 Å². The molecule has 0 spiro atoms. The number of carboxylic acids is 1. The Balaban J connectivity index is 0. The molecule has 0 aliphatic carbocycles. The third-order valence-electron chi connectivity index (χ3n) is 0.744. The van der Waals surface area contributed by atoms with Crippen LogP contribution in [-0.2, 0) is 4.79 Å². The van der Waals surface area contributed by atoms with Crippen LogP contribution in [-0.4, -0.2) is 35.5 Å². The number of rotatable bonds is 3. The molecule has 0 rings (SSSR count). The van der Waals surface area contributed by atoms with Crippen molar-refractivity contribution in [3.63, 3.8) is 0 Å². The van der Waals surface area contributed by atoms with E-state index in [1.807, 2.05) is 6.92 Å². The Morgan fingerprint density at radius 1 is 1.62 bits per heavy atom. The molecule has 0 aromatic rings. The van der Waals surface area contributed by atoms with Gasteiger partial charge in [0, 0.05) is 6.42 Å². The van der Waals surface area contributed by atoms with Gasteiger partial charge in [0.25, 0.3) is 0 Å². The fourth-order valence-electron chi connectivity index (χ4n) is 0.328. The minimum atomic E-state index is -0.693. The van der Waals surface area contributed by atoms with E-state index < -0.39 is 5.97 Å². The van der Waals surface area contributed by atoms with Gasteiger partial charge in [0.2, 0.25) is 0 Å². The molecule has 2 nitrogen and oxygen atoms in total. The van der Waals surface area contributed by atoms with Crippen LogP contribution in [0.5, 0.6) is 0 Å². The molecule has 0 fully saturated rings. The zero-order chi connectivity index (χ0) is 5.70. The molecule has 0 aromatic heterocycles. The molecule has 0 heterocycles. The summed E-state index contributed by atoms with van der Waals surface area (Å²) in [6.07, 6.45) is 2.08. The zero-order valence-corrected chi connectivity index (χ0v) is 9.22. The second-order valence-electron chi connectivity index (χ2n) is 1.50. The van der Waals surface area contributed by atoms with Crippen molar-refractivity contribution in [3.8, 4) is 0 Å². The Morgan fingerprint density at radius 2 is 2.12 bits per heavy atom. The molecule has 1 N–H and O–H groups in total. The van der Waals surface area contributed by atoms with Gasteiger partial charge >= 0.3 is 30.4 Å². The Kier molecular flexibility index (Phi) is 10.1. The quantitative estimate of drug-likeness (QED) is 0.693. The van der Waals surface area contributed by atoms with Crippen LogP contribution in [0.3, 0.4) is 0 Å². The second-order valence-corrected chi connectivity index (χ2v) is 1.50. The summed E-state index contributed by atoms with van der Waals surface area (Å²) in [7, 11) is 0. The van der Waals surface area contributed by atoms with E-state index in [4.69, 9.17) is 5.11 Å². The summed E-state index contributed by atoms with van der Waals surface area (Å²) in [5.41, 5.74) is 0. The van der Waals surface area contributed by atoms with Crippen molar-refractivity contribution in [1.82, 2.24) is 0 Å². The van der Waals surface area contributed by atoms with Gasteiger partial charge in [-0.15, -0.1) is 0 Å². The van der Waals surface area contributed by atoms with Crippen LogP contribution in [0, 0.1) is 0 Å². The summed E-state index contributed by atoms with van der Waals surface area (Å²) in [5, 5.41) is 8.04. The molecule has 0 aliphatic heterocycles. The second kappa shape index (κ2) is 7.29. The van der Waals surface area contributed by atoms with E-state index in [0.717, 1.165) is 12.8 Å². The molecule has 0 atom stereocenters. The van der Waals surface area contributed by atoms with Crippen molar-refractivity contribution >= 4 is 30.4 Å². The Morgan fingerprint density at radius 3 is 2.25 bits per heavy atom. The molecule has 0 aliphatic rings. The van der Waals surface area contributed by atoms with Gasteiger partial charge in [-0.05, 0) is 6.42 Å². The van der Waals surface area contributed by atoms with Crippen molar-refractivity contribution in [2.75, 3.05) is 0 Å². The average molecular weight is 227 g/mol. The van der Waals surface area contributed by atoms with Gasteiger partial charge in [0.1, 0.15) is 0 Å². The van der Waals surface area contributed by atoms with E-state index in [9.17, 15) is 4.79 Å². The topological polar surface area (TPSA) is 37.3 Å².